The number of aliphatic hydroxyl groups is 2. The van der Waals surface area contributed by atoms with Gasteiger partial charge in [0.25, 0.3) is 10.1 Å². The third-order valence-corrected chi connectivity index (χ3v) is 5.52. The van der Waals surface area contributed by atoms with E-state index in [-0.39, 0.29) is 10.4 Å². The second-order valence-corrected chi connectivity index (χ2v) is 7.47. The van der Waals surface area contributed by atoms with E-state index in [0.717, 1.165) is 0 Å². The van der Waals surface area contributed by atoms with E-state index in [1.54, 1.807) is 42.5 Å². The number of nitrogens with zero attached hydrogens (tertiary/aromatic N) is 1. The Kier molecular flexibility index (Phi) is 3.62. The number of aliphatic hydroxyl groups excluding tert-OH is 2. The Hall–Kier alpha value is -2.32. The van der Waals surface area contributed by atoms with Crippen molar-refractivity contribution in [1.29, 1.82) is 0 Å². The lowest BCUT2D eigenvalue weighted by Gasteiger charge is -2.19. The number of aromatic nitrogens is 1. The fraction of sp³-hybridized carbons (Fsp3) is 0.167. The molecule has 2 atom stereocenters. The smallest absolute Gasteiger partial charge is 0.296 e. The summed E-state index contributed by atoms with van der Waals surface area (Å²) in [6.07, 6.45) is -1.90. The van der Waals surface area contributed by atoms with Crippen molar-refractivity contribution in [1.82, 2.24) is 4.98 Å². The third-order valence-electron chi connectivity index (χ3n) is 4.64. The van der Waals surface area contributed by atoms with Gasteiger partial charge in [0.15, 0.2) is 0 Å². The van der Waals surface area contributed by atoms with Crippen LogP contribution in [-0.4, -0.2) is 28.2 Å². The Balaban J connectivity index is 1.89. The summed E-state index contributed by atoms with van der Waals surface area (Å²) in [7, 11) is -4.44. The molecule has 1 aromatic heterocycles. The van der Waals surface area contributed by atoms with Gasteiger partial charge in [-0.05, 0) is 23.3 Å². The van der Waals surface area contributed by atoms with Crippen LogP contribution >= 0.6 is 0 Å². The molecule has 0 spiro atoms. The lowest BCUT2D eigenvalue weighted by Crippen LogP contribution is -2.12. The van der Waals surface area contributed by atoms with E-state index in [0.29, 0.717) is 22.2 Å². The van der Waals surface area contributed by atoms with Crippen molar-refractivity contribution in [3.05, 3.63) is 71.4 Å². The molecule has 2 aromatic carbocycles. The fourth-order valence-electron chi connectivity index (χ4n) is 3.46. The van der Waals surface area contributed by atoms with Crippen molar-refractivity contribution in [3.8, 4) is 0 Å². The van der Waals surface area contributed by atoms with E-state index in [1.807, 2.05) is 0 Å². The molecular weight excluding hydrogens is 342 g/mol. The van der Waals surface area contributed by atoms with E-state index in [9.17, 15) is 23.2 Å². The molecule has 0 amide bonds. The summed E-state index contributed by atoms with van der Waals surface area (Å²) in [5, 5.41) is 21.7. The Morgan fingerprint density at radius 1 is 0.840 bits per heavy atom. The van der Waals surface area contributed by atoms with E-state index < -0.39 is 28.2 Å². The summed E-state index contributed by atoms with van der Waals surface area (Å²) >= 11 is 0. The zero-order valence-corrected chi connectivity index (χ0v) is 13.8. The summed E-state index contributed by atoms with van der Waals surface area (Å²) in [5.74, 6) is -0.712. The van der Waals surface area contributed by atoms with Crippen molar-refractivity contribution in [2.75, 3.05) is 0 Å². The van der Waals surface area contributed by atoms with E-state index in [2.05, 4.69) is 4.98 Å². The SMILES string of the molecule is O=S(=O)(O)c1cccc2ccc(C3C(O)c4ccccc4C3O)nc12. The highest BCUT2D eigenvalue weighted by Crippen LogP contribution is 2.49. The predicted octanol–water partition coefficient (Wildman–Crippen LogP) is 2.35. The van der Waals surface area contributed by atoms with Gasteiger partial charge in [0, 0.05) is 5.39 Å². The summed E-state index contributed by atoms with van der Waals surface area (Å²) in [6.45, 7) is 0. The maximum atomic E-state index is 11.6. The Morgan fingerprint density at radius 3 is 2.08 bits per heavy atom. The lowest BCUT2D eigenvalue weighted by atomic mass is 9.96. The number of benzene rings is 2. The van der Waals surface area contributed by atoms with Crippen molar-refractivity contribution in [3.63, 3.8) is 0 Å². The molecule has 0 bridgehead atoms. The van der Waals surface area contributed by atoms with Crippen molar-refractivity contribution in [2.45, 2.75) is 23.0 Å². The van der Waals surface area contributed by atoms with Gasteiger partial charge in [-0.3, -0.25) is 9.54 Å². The zero-order chi connectivity index (χ0) is 17.8. The van der Waals surface area contributed by atoms with Crippen LogP contribution in [0.4, 0.5) is 0 Å². The van der Waals surface area contributed by atoms with Gasteiger partial charge in [-0.15, -0.1) is 0 Å². The van der Waals surface area contributed by atoms with Crippen LogP contribution in [0.3, 0.4) is 0 Å². The third kappa shape index (κ3) is 2.52. The van der Waals surface area contributed by atoms with E-state index >= 15 is 0 Å². The molecule has 2 unspecified atom stereocenters. The Labute approximate surface area is 144 Å². The first kappa shape index (κ1) is 16.2. The van der Waals surface area contributed by atoms with Gasteiger partial charge in [-0.1, -0.05) is 42.5 Å². The van der Waals surface area contributed by atoms with Gasteiger partial charge in [0.2, 0.25) is 0 Å². The molecule has 0 fully saturated rings. The van der Waals surface area contributed by atoms with Crippen LogP contribution in [0, 0.1) is 0 Å². The monoisotopic (exact) mass is 357 g/mol. The van der Waals surface area contributed by atoms with Crippen LogP contribution in [0.2, 0.25) is 0 Å². The van der Waals surface area contributed by atoms with Gasteiger partial charge in [-0.2, -0.15) is 8.42 Å². The van der Waals surface area contributed by atoms with Crippen LogP contribution in [0.15, 0.2) is 59.5 Å². The molecule has 3 N–H and O–H groups in total. The highest BCUT2D eigenvalue weighted by atomic mass is 32.2. The molecular formula is C18H15NO5S. The summed E-state index contributed by atoms with van der Waals surface area (Å²) < 4.78 is 32.6. The Morgan fingerprint density at radius 2 is 1.48 bits per heavy atom. The number of fused-ring (bicyclic) bond motifs is 2. The second-order valence-electron chi connectivity index (χ2n) is 6.08. The summed E-state index contributed by atoms with van der Waals surface area (Å²) in [4.78, 5) is 4.05. The van der Waals surface area contributed by atoms with Crippen LogP contribution in [0.5, 0.6) is 0 Å². The second kappa shape index (κ2) is 5.60. The Bertz CT molecular complexity index is 1050. The standard InChI is InChI=1S/C18H15NO5S/c20-17-11-5-1-2-6-12(11)18(21)15(17)13-9-8-10-4-3-7-14(16(10)19-13)25(22,23)24/h1-9,15,17-18,20-21H,(H,22,23,24). The molecule has 1 aliphatic rings. The molecule has 0 saturated carbocycles. The van der Waals surface area contributed by atoms with E-state index in [4.69, 9.17) is 0 Å². The quantitative estimate of drug-likeness (QED) is 0.608. The highest BCUT2D eigenvalue weighted by Gasteiger charge is 2.40. The lowest BCUT2D eigenvalue weighted by molar-refractivity contribution is 0.0753. The molecule has 6 nitrogen and oxygen atoms in total. The van der Waals surface area contributed by atoms with Gasteiger partial charge in [0.1, 0.15) is 4.90 Å². The largest absolute Gasteiger partial charge is 0.388 e. The molecule has 1 heterocycles. The first-order valence-corrected chi connectivity index (χ1v) is 9.14. The van der Waals surface area contributed by atoms with Gasteiger partial charge < -0.3 is 10.2 Å². The van der Waals surface area contributed by atoms with Crippen LogP contribution in [0.25, 0.3) is 10.9 Å². The van der Waals surface area contributed by atoms with Gasteiger partial charge in [-0.25, -0.2) is 0 Å². The van der Waals surface area contributed by atoms with Crippen molar-refractivity contribution in [2.24, 2.45) is 0 Å². The van der Waals surface area contributed by atoms with Crippen molar-refractivity contribution < 1.29 is 23.2 Å². The molecule has 0 saturated heterocycles. The number of rotatable bonds is 2. The minimum atomic E-state index is -4.44. The minimum absolute atomic E-state index is 0.109. The highest BCUT2D eigenvalue weighted by molar-refractivity contribution is 7.86. The molecule has 7 heteroatoms. The number of hydrogen-bond acceptors (Lipinski definition) is 5. The average Bonchev–Trinajstić information content (AvgIpc) is 2.84. The molecule has 1 aliphatic carbocycles. The van der Waals surface area contributed by atoms with E-state index in [1.165, 1.54) is 12.1 Å². The maximum absolute atomic E-state index is 11.6. The first-order chi connectivity index (χ1) is 11.9. The molecule has 25 heavy (non-hydrogen) atoms. The maximum Gasteiger partial charge on any atom is 0.296 e. The summed E-state index contributed by atoms with van der Waals surface area (Å²) in [6, 6.07) is 14.8. The predicted molar refractivity (Wildman–Crippen MR) is 90.7 cm³/mol. The topological polar surface area (TPSA) is 108 Å². The molecule has 3 aromatic rings. The van der Waals surface area contributed by atoms with Crippen LogP contribution in [0.1, 0.15) is 34.9 Å². The number of hydrogen-bond donors (Lipinski definition) is 3. The molecule has 0 radical (unpaired) electrons. The number of para-hydroxylation sites is 1. The van der Waals surface area contributed by atoms with Gasteiger partial charge >= 0.3 is 0 Å². The average molecular weight is 357 g/mol. The molecule has 4 rings (SSSR count). The molecule has 128 valence electrons. The minimum Gasteiger partial charge on any atom is -0.388 e. The number of pyridine rings is 1. The molecule has 0 aliphatic heterocycles. The van der Waals surface area contributed by atoms with Crippen molar-refractivity contribution >= 4 is 21.0 Å². The summed E-state index contributed by atoms with van der Waals surface area (Å²) in [5.41, 5.74) is 1.73. The van der Waals surface area contributed by atoms with Gasteiger partial charge in [0.05, 0.1) is 29.3 Å². The van der Waals surface area contributed by atoms with Crippen LogP contribution in [-0.2, 0) is 10.1 Å². The zero-order valence-electron chi connectivity index (χ0n) is 12.9. The fourth-order valence-corrected chi connectivity index (χ4v) is 4.12. The first-order valence-electron chi connectivity index (χ1n) is 7.70. The normalized spacial score (nSPS) is 22.9. The van der Waals surface area contributed by atoms with Crippen LogP contribution < -0.4 is 0 Å².